The molecule has 484 valence electrons. The van der Waals surface area contributed by atoms with Crippen molar-refractivity contribution < 1.29 is 90.5 Å². The third kappa shape index (κ3) is 28.8. The van der Waals surface area contributed by atoms with Gasteiger partial charge in [-0.1, -0.05) is 80.1 Å². The zero-order valence-electron chi connectivity index (χ0n) is 52.5. The summed E-state index contributed by atoms with van der Waals surface area (Å²) >= 11 is 0. The van der Waals surface area contributed by atoms with Gasteiger partial charge in [0, 0.05) is 134 Å². The number of unbranched alkanes of at least 4 members (excludes halogenated alkanes) is 9. The Hall–Kier alpha value is -4.52. The Bertz CT molecular complexity index is 1900. The van der Waals surface area contributed by atoms with Crippen LogP contribution in [0.4, 0.5) is 0 Å². The first kappa shape index (κ1) is 73.7. The Labute approximate surface area is 499 Å². The van der Waals surface area contributed by atoms with Crippen LogP contribution in [0.15, 0.2) is 0 Å². The lowest BCUT2D eigenvalue weighted by atomic mass is 9.84. The lowest BCUT2D eigenvalue weighted by molar-refractivity contribution is -0.273. The number of hydrogen-bond acceptors (Lipinski definition) is 20. The lowest BCUT2D eigenvalue weighted by Crippen LogP contribution is -2.53. The number of hydrogen-bond donors (Lipinski definition) is 4. The summed E-state index contributed by atoms with van der Waals surface area (Å²) in [7, 11) is 0. The molecule has 0 aliphatic carbocycles. The molecule has 3 saturated heterocycles. The predicted molar refractivity (Wildman–Crippen MR) is 309 cm³/mol. The SMILES string of the molecule is CC(=O)OCC1OC(OCCCCCCNC(=O)CCC(N)(CCC(=O)NCCCCCCOC2OCC(OC(C)=O)C(C)C2C)CCC(=O)NCCCCCCOC2OC(COC(C)=O)C(OC(C)=O)C(C)C2C)C(C)C(C)C1OC(C)=O. The Morgan fingerprint density at radius 2 is 0.762 bits per heavy atom. The van der Waals surface area contributed by atoms with E-state index in [1.807, 2.05) is 41.5 Å². The topological polar surface area (TPSA) is 300 Å². The van der Waals surface area contributed by atoms with E-state index in [-0.39, 0.29) is 104 Å². The Morgan fingerprint density at radius 3 is 1.11 bits per heavy atom. The molecule has 3 heterocycles. The fraction of sp³-hybridized carbons (Fsp3) is 0.869. The largest absolute Gasteiger partial charge is 0.463 e. The Balaban J connectivity index is 1.40. The molecule has 3 aliphatic heterocycles. The molecule has 0 aromatic heterocycles. The summed E-state index contributed by atoms with van der Waals surface area (Å²) in [4.78, 5) is 97.4. The average Bonchev–Trinajstić information content (AvgIpc) is 3.30. The highest BCUT2D eigenvalue weighted by molar-refractivity contribution is 5.77. The number of rotatable bonds is 40. The van der Waals surface area contributed by atoms with Crippen LogP contribution in [-0.4, -0.2) is 162 Å². The summed E-state index contributed by atoms with van der Waals surface area (Å²) in [6, 6.07) is 0. The maximum Gasteiger partial charge on any atom is 0.303 e. The summed E-state index contributed by atoms with van der Waals surface area (Å²) in [6.45, 7) is 21.8. The van der Waals surface area contributed by atoms with Crippen molar-refractivity contribution >= 4 is 47.6 Å². The van der Waals surface area contributed by atoms with Gasteiger partial charge in [-0.05, 0) is 57.8 Å². The molecule has 84 heavy (non-hydrogen) atoms. The first-order valence-electron chi connectivity index (χ1n) is 31.1. The molecule has 14 atom stereocenters. The Morgan fingerprint density at radius 1 is 0.429 bits per heavy atom. The number of carbonyl (C=O) groups is 8. The van der Waals surface area contributed by atoms with E-state index in [9.17, 15) is 38.4 Å². The third-order valence-electron chi connectivity index (χ3n) is 16.6. The fourth-order valence-corrected chi connectivity index (χ4v) is 10.7. The summed E-state index contributed by atoms with van der Waals surface area (Å²) in [5.74, 6) is -2.70. The van der Waals surface area contributed by atoms with Crippen molar-refractivity contribution in [3.05, 3.63) is 0 Å². The quantitative estimate of drug-likeness (QED) is 0.0284. The van der Waals surface area contributed by atoms with E-state index in [4.69, 9.17) is 57.8 Å². The van der Waals surface area contributed by atoms with Crippen molar-refractivity contribution in [1.82, 2.24) is 16.0 Å². The predicted octanol–water partition coefficient (Wildman–Crippen LogP) is 6.65. The number of esters is 5. The van der Waals surface area contributed by atoms with Crippen molar-refractivity contribution in [3.63, 3.8) is 0 Å². The highest BCUT2D eigenvalue weighted by Crippen LogP contribution is 2.36. The normalized spacial score (nSPS) is 27.5. The van der Waals surface area contributed by atoms with E-state index >= 15 is 0 Å². The summed E-state index contributed by atoms with van der Waals surface area (Å²) < 4.78 is 63.2. The van der Waals surface area contributed by atoms with E-state index in [0.717, 1.165) is 77.0 Å². The first-order chi connectivity index (χ1) is 39.9. The molecule has 3 rings (SSSR count). The van der Waals surface area contributed by atoms with Crippen molar-refractivity contribution in [2.24, 2.45) is 41.2 Å². The fourth-order valence-electron chi connectivity index (χ4n) is 10.7. The molecule has 3 fully saturated rings. The van der Waals surface area contributed by atoms with Gasteiger partial charge in [-0.15, -0.1) is 0 Å². The summed E-state index contributed by atoms with van der Waals surface area (Å²) in [6.07, 6.45) is 7.07. The minimum atomic E-state index is -0.941. The second-order valence-corrected chi connectivity index (χ2v) is 23.6. The molecule has 23 nitrogen and oxygen atoms in total. The number of amides is 3. The van der Waals surface area contributed by atoms with Gasteiger partial charge in [0.05, 0.1) is 6.61 Å². The Kier molecular flexibility index (Phi) is 35.1. The molecule has 0 aromatic rings. The molecule has 0 radical (unpaired) electrons. The molecule has 5 N–H and O–H groups in total. The van der Waals surface area contributed by atoms with Crippen LogP contribution < -0.4 is 21.7 Å². The van der Waals surface area contributed by atoms with Gasteiger partial charge >= 0.3 is 29.8 Å². The van der Waals surface area contributed by atoms with Gasteiger partial charge < -0.3 is 73.8 Å². The van der Waals surface area contributed by atoms with E-state index < -0.39 is 66.4 Å². The minimum Gasteiger partial charge on any atom is -0.463 e. The van der Waals surface area contributed by atoms with Crippen LogP contribution >= 0.6 is 0 Å². The van der Waals surface area contributed by atoms with Crippen LogP contribution in [0.25, 0.3) is 0 Å². The molecular weight excluding hydrogens is 1090 g/mol. The van der Waals surface area contributed by atoms with Crippen molar-refractivity contribution in [1.29, 1.82) is 0 Å². The third-order valence-corrected chi connectivity index (χ3v) is 16.6. The zero-order valence-corrected chi connectivity index (χ0v) is 52.5. The standard InChI is InChI=1S/C61H106N4O19/c1-39-42(4)58(79-36-50(39)80-47(9)68)74-33-21-15-12-18-30-63-53(71)24-27-61(62,28-25-54(72)64-31-19-13-16-22-34-75-59-43(5)40(2)56(81-48(10)69)51(83-59)37-77-45(7)66)29-26-55(73)65-32-20-14-17-23-35-76-60-44(6)41(3)57(82-49(11)70)52(84-60)38-78-46(8)67/h39-44,50-52,56-60H,12-38,62H2,1-11H3,(H,63,71)(H,64,72)(H,65,73). The van der Waals surface area contributed by atoms with Gasteiger partial charge in [0.1, 0.15) is 43.7 Å². The van der Waals surface area contributed by atoms with Gasteiger partial charge in [0.2, 0.25) is 17.7 Å². The van der Waals surface area contributed by atoms with Gasteiger partial charge in [0.15, 0.2) is 18.9 Å². The zero-order chi connectivity index (χ0) is 62.2. The van der Waals surface area contributed by atoms with Crippen LogP contribution in [0, 0.1) is 35.5 Å². The highest BCUT2D eigenvalue weighted by Gasteiger charge is 2.46. The second-order valence-electron chi connectivity index (χ2n) is 23.6. The monoisotopic (exact) mass is 1200 g/mol. The number of ether oxygens (including phenoxy) is 11. The second kappa shape index (κ2) is 40.0. The van der Waals surface area contributed by atoms with Crippen LogP contribution in [-0.2, 0) is 90.5 Å². The summed E-state index contributed by atoms with van der Waals surface area (Å²) in [5, 5.41) is 9.01. The molecule has 0 spiro atoms. The lowest BCUT2D eigenvalue weighted by Gasteiger charge is -2.43. The molecule has 3 amide bonds. The number of carbonyl (C=O) groups excluding carboxylic acids is 8. The van der Waals surface area contributed by atoms with Gasteiger partial charge in [-0.3, -0.25) is 38.4 Å². The van der Waals surface area contributed by atoms with Crippen LogP contribution in [0.2, 0.25) is 0 Å². The molecule has 0 saturated carbocycles. The first-order valence-corrected chi connectivity index (χ1v) is 31.1. The highest BCUT2D eigenvalue weighted by atomic mass is 16.7. The van der Waals surface area contributed by atoms with Crippen molar-refractivity contribution in [2.45, 2.75) is 247 Å². The van der Waals surface area contributed by atoms with Crippen LogP contribution in [0.1, 0.15) is 192 Å². The molecule has 0 aromatic carbocycles. The van der Waals surface area contributed by atoms with Gasteiger partial charge in [-0.2, -0.15) is 0 Å². The van der Waals surface area contributed by atoms with Crippen molar-refractivity contribution in [2.75, 3.05) is 59.3 Å². The smallest absolute Gasteiger partial charge is 0.303 e. The van der Waals surface area contributed by atoms with E-state index in [0.29, 0.717) is 65.3 Å². The molecule has 3 aliphatic rings. The summed E-state index contributed by atoms with van der Waals surface area (Å²) in [5.41, 5.74) is 6.03. The van der Waals surface area contributed by atoms with E-state index in [1.165, 1.54) is 34.6 Å². The number of nitrogens with two attached hydrogens (primary N) is 1. The maximum absolute atomic E-state index is 13.1. The number of nitrogens with one attached hydrogen (secondary N) is 3. The van der Waals surface area contributed by atoms with Crippen molar-refractivity contribution in [3.8, 4) is 0 Å². The van der Waals surface area contributed by atoms with Gasteiger partial charge in [0.25, 0.3) is 0 Å². The molecule has 0 bridgehead atoms. The minimum absolute atomic E-state index is 0.0499. The van der Waals surface area contributed by atoms with E-state index in [1.54, 1.807) is 0 Å². The van der Waals surface area contributed by atoms with Gasteiger partial charge in [-0.25, -0.2) is 0 Å². The molecule has 14 unspecified atom stereocenters. The van der Waals surface area contributed by atoms with E-state index in [2.05, 4.69) is 16.0 Å². The maximum atomic E-state index is 13.1. The average molecular weight is 1200 g/mol. The van der Waals surface area contributed by atoms with Crippen LogP contribution in [0.3, 0.4) is 0 Å². The molecular formula is C61H106N4O19. The van der Waals surface area contributed by atoms with Crippen LogP contribution in [0.5, 0.6) is 0 Å². The molecule has 23 heteroatoms.